The number of ether oxygens (including phenoxy) is 1. The van der Waals surface area contributed by atoms with Gasteiger partial charge in [0.15, 0.2) is 0 Å². The molecule has 3 aliphatic heterocycles. The van der Waals surface area contributed by atoms with Gasteiger partial charge in [-0.3, -0.25) is 9.69 Å². The lowest BCUT2D eigenvalue weighted by Crippen LogP contribution is -2.55. The summed E-state index contributed by atoms with van der Waals surface area (Å²) in [6, 6.07) is 18.0. The Kier molecular flexibility index (Phi) is 6.79. The number of carbonyl (C=O) groups is 1. The summed E-state index contributed by atoms with van der Waals surface area (Å²) in [5.74, 6) is 1.54. The fraction of sp³-hybridized carbons (Fsp3) is 0.469. The minimum absolute atomic E-state index is 0.0908. The van der Waals surface area contributed by atoms with E-state index in [1.165, 1.54) is 16.5 Å². The summed E-state index contributed by atoms with van der Waals surface area (Å²) in [6.07, 6.45) is 3.13. The quantitative estimate of drug-likeness (QED) is 0.530. The molecule has 6 heteroatoms. The van der Waals surface area contributed by atoms with Crippen LogP contribution >= 0.6 is 0 Å². The lowest BCUT2D eigenvalue weighted by atomic mass is 9.85. The molecule has 6 rings (SSSR count). The number of likely N-dealkylation sites (N-methyl/N-ethyl adjacent to an activating group) is 1. The van der Waals surface area contributed by atoms with Crippen molar-refractivity contribution in [3.63, 3.8) is 0 Å². The van der Waals surface area contributed by atoms with Crippen molar-refractivity contribution in [2.24, 2.45) is 0 Å². The average Bonchev–Trinajstić information content (AvgIpc) is 3.37. The van der Waals surface area contributed by atoms with E-state index in [2.05, 4.69) is 84.5 Å². The van der Waals surface area contributed by atoms with E-state index in [1.807, 2.05) is 4.90 Å². The Morgan fingerprint density at radius 1 is 0.947 bits per heavy atom. The summed E-state index contributed by atoms with van der Waals surface area (Å²) in [5.41, 5.74) is 5.47. The third kappa shape index (κ3) is 4.34. The van der Waals surface area contributed by atoms with Crippen LogP contribution in [0.3, 0.4) is 0 Å². The van der Waals surface area contributed by atoms with Gasteiger partial charge in [-0.1, -0.05) is 30.3 Å². The SMILES string of the molecule is COc1cc2c(cc1N1C[C@@H](C)N(C)[C@@H](C)C1)N(C(=O)c1ccc(C3CCNCC3)c3ccccc13)CC2. The lowest BCUT2D eigenvalue weighted by Gasteiger charge is -2.44. The molecule has 3 aliphatic rings. The zero-order valence-corrected chi connectivity index (χ0v) is 23.2. The maximum atomic E-state index is 14.2. The summed E-state index contributed by atoms with van der Waals surface area (Å²) in [7, 11) is 3.95. The van der Waals surface area contributed by atoms with Gasteiger partial charge in [-0.05, 0) is 99.3 Å². The number of amides is 1. The molecule has 0 spiro atoms. The van der Waals surface area contributed by atoms with Crippen molar-refractivity contribution in [3.05, 3.63) is 65.2 Å². The predicted octanol–water partition coefficient (Wildman–Crippen LogP) is 5.05. The number of piperidine rings is 1. The number of rotatable bonds is 4. The first-order chi connectivity index (χ1) is 18.5. The van der Waals surface area contributed by atoms with Gasteiger partial charge in [0.2, 0.25) is 0 Å². The second-order valence-electron chi connectivity index (χ2n) is 11.4. The highest BCUT2D eigenvalue weighted by Gasteiger charge is 2.32. The number of carbonyl (C=O) groups excluding carboxylic acids is 1. The van der Waals surface area contributed by atoms with E-state index in [1.54, 1.807) is 7.11 Å². The van der Waals surface area contributed by atoms with Crippen molar-refractivity contribution in [1.29, 1.82) is 0 Å². The highest BCUT2D eigenvalue weighted by Crippen LogP contribution is 2.41. The third-order valence-electron chi connectivity index (χ3n) is 9.19. The molecule has 0 aliphatic carbocycles. The highest BCUT2D eigenvalue weighted by atomic mass is 16.5. The van der Waals surface area contributed by atoms with Crippen molar-refractivity contribution < 1.29 is 9.53 Å². The van der Waals surface area contributed by atoms with Crippen molar-refractivity contribution in [1.82, 2.24) is 10.2 Å². The van der Waals surface area contributed by atoms with Crippen molar-refractivity contribution >= 4 is 28.1 Å². The highest BCUT2D eigenvalue weighted by molar-refractivity contribution is 6.15. The van der Waals surface area contributed by atoms with Crippen LogP contribution in [0.1, 0.15) is 54.1 Å². The van der Waals surface area contributed by atoms with Crippen LogP contribution in [0.2, 0.25) is 0 Å². The van der Waals surface area contributed by atoms with E-state index in [-0.39, 0.29) is 5.91 Å². The van der Waals surface area contributed by atoms with E-state index in [0.29, 0.717) is 24.5 Å². The monoisotopic (exact) mass is 512 g/mol. The Morgan fingerprint density at radius 3 is 2.37 bits per heavy atom. The Bertz CT molecular complexity index is 1340. The molecule has 38 heavy (non-hydrogen) atoms. The van der Waals surface area contributed by atoms with Crippen molar-refractivity contribution in [2.45, 2.75) is 51.1 Å². The molecular formula is C32H40N4O2. The Hall–Kier alpha value is -3.09. The average molecular weight is 513 g/mol. The molecule has 0 radical (unpaired) electrons. The predicted molar refractivity (Wildman–Crippen MR) is 156 cm³/mol. The number of methoxy groups -OCH3 is 1. The second kappa shape index (κ2) is 10.2. The number of anilines is 2. The molecule has 2 saturated heterocycles. The third-order valence-corrected chi connectivity index (χ3v) is 9.19. The standard InChI is InChI=1S/C32H40N4O2/c1-21-19-35(20-22(2)34(21)3)30-18-29-24(17-31(30)38-4)13-16-36(29)32(37)28-10-9-25(23-11-14-33-15-12-23)26-7-5-6-8-27(26)28/h5-10,17-18,21-23,33H,11-16,19-20H2,1-4H3/t21-,22+. The normalized spacial score (nSPS) is 22.6. The Balaban J connectivity index is 1.36. The van der Waals surface area contributed by atoms with Gasteiger partial charge in [-0.2, -0.15) is 0 Å². The van der Waals surface area contributed by atoms with Crippen LogP contribution in [0.5, 0.6) is 5.75 Å². The van der Waals surface area contributed by atoms with Crippen LogP contribution in [0.4, 0.5) is 11.4 Å². The Morgan fingerprint density at radius 2 is 1.66 bits per heavy atom. The van der Waals surface area contributed by atoms with Crippen LogP contribution < -0.4 is 19.9 Å². The van der Waals surface area contributed by atoms with E-state index < -0.39 is 0 Å². The number of piperazine rings is 1. The summed E-state index contributed by atoms with van der Waals surface area (Å²) in [4.78, 5) is 21.0. The van der Waals surface area contributed by atoms with Gasteiger partial charge in [-0.15, -0.1) is 0 Å². The van der Waals surface area contributed by atoms with Crippen LogP contribution in [0.15, 0.2) is 48.5 Å². The van der Waals surface area contributed by atoms with E-state index in [9.17, 15) is 4.79 Å². The van der Waals surface area contributed by atoms with Gasteiger partial charge >= 0.3 is 0 Å². The van der Waals surface area contributed by atoms with Crippen LogP contribution in [0, 0.1) is 0 Å². The second-order valence-corrected chi connectivity index (χ2v) is 11.4. The molecule has 1 N–H and O–H groups in total. The van der Waals surface area contributed by atoms with Crippen LogP contribution in [0.25, 0.3) is 10.8 Å². The molecule has 0 bridgehead atoms. The topological polar surface area (TPSA) is 48.1 Å². The zero-order chi connectivity index (χ0) is 26.4. The number of hydrogen-bond acceptors (Lipinski definition) is 5. The van der Waals surface area contributed by atoms with Gasteiger partial charge < -0.3 is 19.9 Å². The molecule has 2 atom stereocenters. The molecule has 3 aromatic rings. The van der Waals surface area contributed by atoms with Crippen LogP contribution in [-0.4, -0.2) is 69.8 Å². The molecule has 0 unspecified atom stereocenters. The summed E-state index contributed by atoms with van der Waals surface area (Å²) < 4.78 is 5.87. The number of fused-ring (bicyclic) bond motifs is 2. The lowest BCUT2D eigenvalue weighted by molar-refractivity contribution is 0.0991. The first kappa shape index (κ1) is 25.2. The zero-order valence-electron chi connectivity index (χ0n) is 23.2. The van der Waals surface area contributed by atoms with Gasteiger partial charge in [0.1, 0.15) is 5.75 Å². The molecule has 3 heterocycles. The molecular weight excluding hydrogens is 472 g/mol. The summed E-state index contributed by atoms with van der Waals surface area (Å²) in [6.45, 7) is 9.23. The molecule has 200 valence electrons. The number of benzene rings is 3. The Labute approximate surface area is 226 Å². The summed E-state index contributed by atoms with van der Waals surface area (Å²) in [5, 5.41) is 5.77. The van der Waals surface area contributed by atoms with Gasteiger partial charge in [0, 0.05) is 43.0 Å². The van der Waals surface area contributed by atoms with Crippen molar-refractivity contribution in [3.8, 4) is 5.75 Å². The molecule has 0 saturated carbocycles. The minimum Gasteiger partial charge on any atom is -0.495 e. The van der Waals surface area contributed by atoms with Gasteiger partial charge in [0.25, 0.3) is 5.91 Å². The first-order valence-electron chi connectivity index (χ1n) is 14.2. The maximum absolute atomic E-state index is 14.2. The van der Waals surface area contributed by atoms with Gasteiger partial charge in [0.05, 0.1) is 12.8 Å². The van der Waals surface area contributed by atoms with Crippen molar-refractivity contribution in [2.75, 3.05) is 56.7 Å². The molecule has 6 nitrogen and oxygen atoms in total. The minimum atomic E-state index is 0.0908. The van der Waals surface area contributed by atoms with E-state index in [4.69, 9.17) is 4.74 Å². The molecule has 2 fully saturated rings. The number of nitrogens with zero attached hydrogens (tertiary/aromatic N) is 3. The van der Waals surface area contributed by atoms with E-state index in [0.717, 1.165) is 73.5 Å². The van der Waals surface area contributed by atoms with Crippen LogP contribution in [-0.2, 0) is 6.42 Å². The molecule has 3 aromatic carbocycles. The molecule has 1 amide bonds. The fourth-order valence-corrected chi connectivity index (χ4v) is 6.77. The number of nitrogens with one attached hydrogen (secondary N) is 1. The smallest absolute Gasteiger partial charge is 0.258 e. The largest absolute Gasteiger partial charge is 0.495 e. The van der Waals surface area contributed by atoms with E-state index >= 15 is 0 Å². The number of hydrogen-bond donors (Lipinski definition) is 1. The maximum Gasteiger partial charge on any atom is 0.258 e. The molecule has 0 aromatic heterocycles. The summed E-state index contributed by atoms with van der Waals surface area (Å²) >= 11 is 0. The first-order valence-corrected chi connectivity index (χ1v) is 14.2. The fourth-order valence-electron chi connectivity index (χ4n) is 6.77. The van der Waals surface area contributed by atoms with Gasteiger partial charge in [-0.25, -0.2) is 0 Å².